The van der Waals surface area contributed by atoms with Crippen molar-refractivity contribution < 1.29 is 4.79 Å². The Bertz CT molecular complexity index is 204. The molecule has 76 valence electrons. The molecule has 13 heavy (non-hydrogen) atoms. The lowest BCUT2D eigenvalue weighted by atomic mass is 10.3. The summed E-state index contributed by atoms with van der Waals surface area (Å²) < 4.78 is 0. The zero-order valence-corrected chi connectivity index (χ0v) is 8.66. The number of carbonyl (C=O) groups is 1. The molecular formula is C8H18N4O. The Balaban J connectivity index is 4.33. The van der Waals surface area contributed by atoms with Gasteiger partial charge in [0.2, 0.25) is 0 Å². The Kier molecular flexibility index (Phi) is 4.23. The highest BCUT2D eigenvalue weighted by Crippen LogP contribution is 1.99. The van der Waals surface area contributed by atoms with Crippen LogP contribution in [0.15, 0.2) is 0 Å². The van der Waals surface area contributed by atoms with Crippen LogP contribution in [-0.2, 0) is 0 Å². The predicted octanol–water partition coefficient (Wildman–Crippen LogP) is 0.314. The first kappa shape index (κ1) is 11.7. The summed E-state index contributed by atoms with van der Waals surface area (Å²) in [5, 5.41) is 7.19. The number of nitrogens with one attached hydrogen (secondary N) is 1. The summed E-state index contributed by atoms with van der Waals surface area (Å²) in [6.45, 7) is 4.27. The molecular weight excluding hydrogens is 168 g/mol. The molecule has 0 aromatic rings. The molecule has 0 aliphatic carbocycles. The zero-order valence-electron chi connectivity index (χ0n) is 8.66. The molecule has 5 heteroatoms. The minimum Gasteiger partial charge on any atom is -0.386 e. The van der Waals surface area contributed by atoms with Crippen LogP contribution in [0.4, 0.5) is 4.79 Å². The minimum atomic E-state index is -0.346. The number of nitrogens with two attached hydrogens (primary N) is 1. The van der Waals surface area contributed by atoms with Crippen molar-refractivity contribution in [2.45, 2.75) is 19.9 Å². The number of carbonyl (C=O) groups excluding carboxylic acids is 1. The Morgan fingerprint density at radius 2 is 2.00 bits per heavy atom. The maximum atomic E-state index is 11.5. The summed E-state index contributed by atoms with van der Waals surface area (Å²) in [5.74, 6) is 0.000327. The van der Waals surface area contributed by atoms with Crippen LogP contribution in [0.3, 0.4) is 0 Å². The van der Waals surface area contributed by atoms with E-state index in [1.807, 2.05) is 6.92 Å². The number of urea groups is 1. The molecule has 5 nitrogen and oxygen atoms in total. The fourth-order valence-corrected chi connectivity index (χ4v) is 0.779. The van der Waals surface area contributed by atoms with Gasteiger partial charge < -0.3 is 15.5 Å². The van der Waals surface area contributed by atoms with E-state index in [2.05, 4.69) is 0 Å². The Hall–Kier alpha value is -1.26. The average Bonchev–Trinajstić information content (AvgIpc) is 2.12. The van der Waals surface area contributed by atoms with Crippen LogP contribution in [-0.4, -0.2) is 48.3 Å². The van der Waals surface area contributed by atoms with Crippen molar-refractivity contribution >= 4 is 11.9 Å². The summed E-state index contributed by atoms with van der Waals surface area (Å²) in [6.07, 6.45) is 0. The Morgan fingerprint density at radius 3 is 2.31 bits per heavy atom. The second kappa shape index (κ2) is 4.69. The first-order chi connectivity index (χ1) is 5.91. The second-order valence-electron chi connectivity index (χ2n) is 3.04. The van der Waals surface area contributed by atoms with Gasteiger partial charge in [0.05, 0.1) is 6.04 Å². The van der Waals surface area contributed by atoms with E-state index in [4.69, 9.17) is 11.1 Å². The topological polar surface area (TPSA) is 73.4 Å². The summed E-state index contributed by atoms with van der Waals surface area (Å²) in [7, 11) is 3.35. The quantitative estimate of drug-likeness (QED) is 0.492. The van der Waals surface area contributed by atoms with E-state index < -0.39 is 0 Å². The van der Waals surface area contributed by atoms with Gasteiger partial charge in [-0.05, 0) is 13.8 Å². The van der Waals surface area contributed by atoms with Crippen molar-refractivity contribution in [1.82, 2.24) is 9.80 Å². The van der Waals surface area contributed by atoms with E-state index in [-0.39, 0.29) is 17.9 Å². The Morgan fingerprint density at radius 1 is 1.54 bits per heavy atom. The molecule has 0 aromatic carbocycles. The third-order valence-corrected chi connectivity index (χ3v) is 2.13. The molecule has 0 saturated carbocycles. The fourth-order valence-electron chi connectivity index (χ4n) is 0.779. The van der Waals surface area contributed by atoms with Crippen LogP contribution in [0.2, 0.25) is 0 Å². The number of amidine groups is 1. The molecule has 0 bridgehead atoms. The highest BCUT2D eigenvalue weighted by Gasteiger charge is 2.19. The van der Waals surface area contributed by atoms with Gasteiger partial charge in [-0.25, -0.2) is 4.79 Å². The monoisotopic (exact) mass is 186 g/mol. The fraction of sp³-hybridized carbons (Fsp3) is 0.750. The molecule has 1 atom stereocenters. The number of nitrogens with zero attached hydrogens (tertiary/aromatic N) is 2. The van der Waals surface area contributed by atoms with Crippen molar-refractivity contribution in [3.05, 3.63) is 0 Å². The van der Waals surface area contributed by atoms with Gasteiger partial charge in [0.15, 0.2) is 0 Å². The van der Waals surface area contributed by atoms with Crippen LogP contribution in [0.5, 0.6) is 0 Å². The normalized spacial score (nSPS) is 12.0. The van der Waals surface area contributed by atoms with E-state index in [1.165, 1.54) is 4.90 Å². The van der Waals surface area contributed by atoms with Crippen LogP contribution < -0.4 is 5.73 Å². The largest absolute Gasteiger partial charge is 0.386 e. The van der Waals surface area contributed by atoms with Crippen molar-refractivity contribution in [2.24, 2.45) is 5.73 Å². The van der Waals surface area contributed by atoms with Gasteiger partial charge in [0.25, 0.3) is 0 Å². The highest BCUT2D eigenvalue weighted by molar-refractivity contribution is 5.87. The lowest BCUT2D eigenvalue weighted by Gasteiger charge is -2.28. The molecule has 0 saturated heterocycles. The summed E-state index contributed by atoms with van der Waals surface area (Å²) >= 11 is 0. The van der Waals surface area contributed by atoms with Crippen molar-refractivity contribution in [1.29, 1.82) is 5.41 Å². The molecule has 0 aliphatic rings. The molecule has 2 amide bonds. The molecule has 0 radical (unpaired) electrons. The SMILES string of the molecule is CCN(C)C(=O)N(C)C(C)C(=N)N. The summed E-state index contributed by atoms with van der Waals surface area (Å²) in [4.78, 5) is 14.5. The Labute approximate surface area is 79.0 Å². The summed E-state index contributed by atoms with van der Waals surface area (Å²) in [5.41, 5.74) is 5.29. The lowest BCUT2D eigenvalue weighted by Crippen LogP contribution is -2.48. The smallest absolute Gasteiger partial charge is 0.320 e. The van der Waals surface area contributed by atoms with Gasteiger partial charge in [0, 0.05) is 20.6 Å². The molecule has 0 heterocycles. The number of hydrogen-bond donors (Lipinski definition) is 2. The van der Waals surface area contributed by atoms with E-state index in [0.717, 1.165) is 0 Å². The standard InChI is InChI=1S/C8H18N4O/c1-5-11(3)8(13)12(4)6(2)7(9)10/h6H,5H2,1-4H3,(H3,9,10). The van der Waals surface area contributed by atoms with Gasteiger partial charge >= 0.3 is 6.03 Å². The van der Waals surface area contributed by atoms with Crippen LogP contribution in [0.25, 0.3) is 0 Å². The molecule has 0 aliphatic heterocycles. The van der Waals surface area contributed by atoms with E-state index in [1.54, 1.807) is 25.9 Å². The number of rotatable bonds is 3. The van der Waals surface area contributed by atoms with Gasteiger partial charge in [-0.3, -0.25) is 5.41 Å². The van der Waals surface area contributed by atoms with Gasteiger partial charge in [-0.2, -0.15) is 0 Å². The van der Waals surface area contributed by atoms with Gasteiger partial charge in [-0.15, -0.1) is 0 Å². The summed E-state index contributed by atoms with van der Waals surface area (Å²) in [6, 6.07) is -0.466. The van der Waals surface area contributed by atoms with E-state index >= 15 is 0 Å². The third kappa shape index (κ3) is 2.93. The van der Waals surface area contributed by atoms with Gasteiger partial charge in [0.1, 0.15) is 5.84 Å². The molecule has 0 rings (SSSR count). The first-order valence-corrected chi connectivity index (χ1v) is 4.23. The van der Waals surface area contributed by atoms with Crippen molar-refractivity contribution in [3.8, 4) is 0 Å². The number of likely N-dealkylation sites (N-methyl/N-ethyl adjacent to an activating group) is 1. The van der Waals surface area contributed by atoms with E-state index in [9.17, 15) is 4.79 Å². The number of amides is 2. The third-order valence-electron chi connectivity index (χ3n) is 2.13. The lowest BCUT2D eigenvalue weighted by molar-refractivity contribution is 0.171. The van der Waals surface area contributed by atoms with E-state index in [0.29, 0.717) is 6.54 Å². The van der Waals surface area contributed by atoms with Crippen molar-refractivity contribution in [3.63, 3.8) is 0 Å². The molecule has 0 fully saturated rings. The van der Waals surface area contributed by atoms with Crippen molar-refractivity contribution in [2.75, 3.05) is 20.6 Å². The van der Waals surface area contributed by atoms with Gasteiger partial charge in [-0.1, -0.05) is 0 Å². The molecule has 0 aromatic heterocycles. The predicted molar refractivity (Wildman–Crippen MR) is 52.8 cm³/mol. The maximum Gasteiger partial charge on any atom is 0.320 e. The average molecular weight is 186 g/mol. The number of hydrogen-bond acceptors (Lipinski definition) is 2. The highest BCUT2D eigenvalue weighted by atomic mass is 16.2. The second-order valence-corrected chi connectivity index (χ2v) is 3.04. The minimum absolute atomic E-state index is 0.000327. The van der Waals surface area contributed by atoms with Crippen LogP contribution in [0, 0.1) is 5.41 Å². The molecule has 3 N–H and O–H groups in total. The molecule has 1 unspecified atom stereocenters. The first-order valence-electron chi connectivity index (χ1n) is 4.23. The zero-order chi connectivity index (χ0) is 10.6. The maximum absolute atomic E-state index is 11.5. The molecule has 0 spiro atoms. The van der Waals surface area contributed by atoms with Crippen LogP contribution >= 0.6 is 0 Å². The van der Waals surface area contributed by atoms with Crippen LogP contribution in [0.1, 0.15) is 13.8 Å².